The summed E-state index contributed by atoms with van der Waals surface area (Å²) in [6.07, 6.45) is -1.85. The highest BCUT2D eigenvalue weighted by molar-refractivity contribution is 7.98. The van der Waals surface area contributed by atoms with Gasteiger partial charge < -0.3 is 10.6 Å². The van der Waals surface area contributed by atoms with Crippen LogP contribution in [0.15, 0.2) is 27.5 Å². The Bertz CT molecular complexity index is 523. The summed E-state index contributed by atoms with van der Waals surface area (Å²) in [5.41, 5.74) is 0.0106. The molecule has 102 valence electrons. The van der Waals surface area contributed by atoms with Crippen molar-refractivity contribution >= 4 is 23.6 Å². The molecule has 1 saturated carbocycles. The Morgan fingerprint density at radius 3 is 2.84 bits per heavy atom. The molecule has 1 aliphatic carbocycles. The summed E-state index contributed by atoms with van der Waals surface area (Å²) < 4.78 is 41.9. The van der Waals surface area contributed by atoms with Crippen LogP contribution in [-0.2, 0) is 6.18 Å². The predicted molar refractivity (Wildman–Crippen MR) is 69.1 cm³/mol. The molecule has 0 amide bonds. The molecule has 7 heteroatoms. The SMILES string of the molecule is FC(F)(F)c1ccc2c(c1)SN=C(NCC1CC1)N2. The summed E-state index contributed by atoms with van der Waals surface area (Å²) in [6.45, 7) is 0.863. The largest absolute Gasteiger partial charge is 0.416 e. The molecule has 3 nitrogen and oxygen atoms in total. The Labute approximate surface area is 112 Å². The Morgan fingerprint density at radius 1 is 1.37 bits per heavy atom. The van der Waals surface area contributed by atoms with Crippen LogP contribution >= 0.6 is 11.9 Å². The molecule has 0 spiro atoms. The maximum atomic E-state index is 12.6. The summed E-state index contributed by atoms with van der Waals surface area (Å²) >= 11 is 1.06. The van der Waals surface area contributed by atoms with Gasteiger partial charge in [0, 0.05) is 18.5 Å². The van der Waals surface area contributed by atoms with Crippen molar-refractivity contribution in [3.8, 4) is 0 Å². The lowest BCUT2D eigenvalue weighted by Crippen LogP contribution is -2.33. The van der Waals surface area contributed by atoms with Crippen molar-refractivity contribution < 1.29 is 13.2 Å². The molecule has 1 fully saturated rings. The third-order valence-electron chi connectivity index (χ3n) is 3.05. The lowest BCUT2D eigenvalue weighted by Gasteiger charge is -2.19. The van der Waals surface area contributed by atoms with Crippen LogP contribution in [-0.4, -0.2) is 12.5 Å². The third kappa shape index (κ3) is 2.97. The Hall–Kier alpha value is -1.37. The van der Waals surface area contributed by atoms with Crippen molar-refractivity contribution in [1.82, 2.24) is 5.32 Å². The van der Waals surface area contributed by atoms with Crippen molar-refractivity contribution in [3.05, 3.63) is 23.8 Å². The number of hydrogen-bond donors (Lipinski definition) is 2. The lowest BCUT2D eigenvalue weighted by molar-refractivity contribution is -0.137. The minimum Gasteiger partial charge on any atom is -0.355 e. The number of alkyl halides is 3. The molecular weight excluding hydrogens is 275 g/mol. The summed E-state index contributed by atoms with van der Waals surface area (Å²) in [7, 11) is 0. The van der Waals surface area contributed by atoms with E-state index in [0.29, 0.717) is 22.5 Å². The van der Waals surface area contributed by atoms with E-state index in [1.54, 1.807) is 0 Å². The van der Waals surface area contributed by atoms with Crippen molar-refractivity contribution in [3.63, 3.8) is 0 Å². The van der Waals surface area contributed by atoms with Crippen molar-refractivity contribution in [1.29, 1.82) is 0 Å². The molecule has 0 unspecified atom stereocenters. The zero-order valence-electron chi connectivity index (χ0n) is 9.92. The first-order valence-corrected chi connectivity index (χ1v) is 6.77. The van der Waals surface area contributed by atoms with Crippen LogP contribution in [0.2, 0.25) is 0 Å². The number of nitrogens with one attached hydrogen (secondary N) is 2. The molecule has 0 aromatic heterocycles. The maximum absolute atomic E-state index is 12.6. The first-order chi connectivity index (χ1) is 9.02. The Kier molecular flexibility index (Phi) is 3.08. The van der Waals surface area contributed by atoms with Gasteiger partial charge in [0.2, 0.25) is 5.96 Å². The Morgan fingerprint density at radius 2 is 2.16 bits per heavy atom. The van der Waals surface area contributed by atoms with Gasteiger partial charge in [-0.25, -0.2) is 0 Å². The second-order valence-electron chi connectivity index (χ2n) is 4.69. The molecule has 0 bridgehead atoms. The monoisotopic (exact) mass is 287 g/mol. The average molecular weight is 287 g/mol. The fourth-order valence-electron chi connectivity index (χ4n) is 1.76. The van der Waals surface area contributed by atoms with Gasteiger partial charge in [0.05, 0.1) is 16.1 Å². The van der Waals surface area contributed by atoms with E-state index in [4.69, 9.17) is 0 Å². The number of hydrogen-bond acceptors (Lipinski definition) is 4. The number of halogens is 3. The number of guanidine groups is 1. The van der Waals surface area contributed by atoms with Crippen LogP contribution in [0.5, 0.6) is 0 Å². The quantitative estimate of drug-likeness (QED) is 0.817. The zero-order valence-corrected chi connectivity index (χ0v) is 10.7. The molecule has 0 atom stereocenters. The summed E-state index contributed by atoms with van der Waals surface area (Å²) in [4.78, 5) is 0.492. The van der Waals surface area contributed by atoms with Gasteiger partial charge in [0.15, 0.2) is 0 Å². The second-order valence-corrected chi connectivity index (χ2v) is 5.49. The molecular formula is C12H12F3N3S. The van der Waals surface area contributed by atoms with Crippen molar-refractivity contribution in [2.45, 2.75) is 23.9 Å². The molecule has 19 heavy (non-hydrogen) atoms. The van der Waals surface area contributed by atoms with Gasteiger partial charge in [-0.15, -0.1) is 0 Å². The molecule has 1 aliphatic heterocycles. The smallest absolute Gasteiger partial charge is 0.355 e. The van der Waals surface area contributed by atoms with E-state index in [1.165, 1.54) is 18.9 Å². The number of benzene rings is 1. The van der Waals surface area contributed by atoms with E-state index in [1.807, 2.05) is 0 Å². The molecule has 2 aliphatic rings. The van der Waals surface area contributed by atoms with Crippen LogP contribution < -0.4 is 10.6 Å². The molecule has 1 aromatic carbocycles. The molecule has 0 saturated heterocycles. The minimum atomic E-state index is -4.32. The molecule has 0 radical (unpaired) electrons. The molecule has 3 rings (SSSR count). The fraction of sp³-hybridized carbons (Fsp3) is 0.417. The van der Waals surface area contributed by atoms with Gasteiger partial charge in [0.1, 0.15) is 0 Å². The average Bonchev–Trinajstić information content (AvgIpc) is 3.18. The van der Waals surface area contributed by atoms with Crippen LogP contribution in [0.4, 0.5) is 18.9 Å². The number of rotatable bonds is 2. The van der Waals surface area contributed by atoms with E-state index in [9.17, 15) is 13.2 Å². The third-order valence-corrected chi connectivity index (χ3v) is 3.86. The van der Waals surface area contributed by atoms with Gasteiger partial charge in [-0.1, -0.05) is 0 Å². The second kappa shape index (κ2) is 4.63. The molecule has 1 heterocycles. The van der Waals surface area contributed by atoms with Gasteiger partial charge in [0.25, 0.3) is 0 Å². The number of nitrogens with zero attached hydrogens (tertiary/aromatic N) is 1. The van der Waals surface area contributed by atoms with Gasteiger partial charge in [-0.3, -0.25) is 0 Å². The topological polar surface area (TPSA) is 36.4 Å². The lowest BCUT2D eigenvalue weighted by atomic mass is 10.2. The van der Waals surface area contributed by atoms with Crippen molar-refractivity contribution in [2.24, 2.45) is 10.3 Å². The maximum Gasteiger partial charge on any atom is 0.416 e. The Balaban J connectivity index is 1.71. The number of anilines is 1. The molecule has 2 N–H and O–H groups in total. The highest BCUT2D eigenvalue weighted by Gasteiger charge is 2.31. The van der Waals surface area contributed by atoms with Crippen molar-refractivity contribution in [2.75, 3.05) is 11.9 Å². The first-order valence-electron chi connectivity index (χ1n) is 5.99. The minimum absolute atomic E-state index is 0.492. The first kappa shape index (κ1) is 12.7. The standard InChI is InChI=1S/C12H12F3N3S/c13-12(14,15)8-3-4-9-10(5-8)19-18-11(17-9)16-6-7-1-2-7/h3-5,7H,1-2,6H2,(H2,16,17,18). The molecule has 1 aromatic rings. The van der Waals surface area contributed by atoms with E-state index in [0.717, 1.165) is 30.6 Å². The van der Waals surface area contributed by atoms with E-state index < -0.39 is 11.7 Å². The van der Waals surface area contributed by atoms with E-state index in [2.05, 4.69) is 15.0 Å². The van der Waals surface area contributed by atoms with Gasteiger partial charge in [-0.05, 0) is 37.0 Å². The zero-order chi connectivity index (χ0) is 13.5. The van der Waals surface area contributed by atoms with Gasteiger partial charge >= 0.3 is 6.18 Å². The van der Waals surface area contributed by atoms with Crippen LogP contribution in [0.3, 0.4) is 0 Å². The predicted octanol–water partition coefficient (Wildman–Crippen LogP) is 3.49. The highest BCUT2D eigenvalue weighted by Crippen LogP contribution is 2.37. The highest BCUT2D eigenvalue weighted by atomic mass is 32.2. The normalized spacial score (nSPS) is 18.4. The van der Waals surface area contributed by atoms with Crippen LogP contribution in [0.25, 0.3) is 0 Å². The van der Waals surface area contributed by atoms with Crippen LogP contribution in [0.1, 0.15) is 18.4 Å². The summed E-state index contributed by atoms with van der Waals surface area (Å²) in [5, 5.41) is 6.17. The summed E-state index contributed by atoms with van der Waals surface area (Å²) in [6, 6.07) is 3.64. The summed E-state index contributed by atoms with van der Waals surface area (Å²) in [5.74, 6) is 1.33. The fourth-order valence-corrected chi connectivity index (χ4v) is 2.46. The van der Waals surface area contributed by atoms with E-state index >= 15 is 0 Å². The number of fused-ring (bicyclic) bond motifs is 1. The van der Waals surface area contributed by atoms with E-state index in [-0.39, 0.29) is 0 Å². The van der Waals surface area contributed by atoms with Gasteiger partial charge in [-0.2, -0.15) is 17.6 Å². The van der Waals surface area contributed by atoms with Crippen LogP contribution in [0, 0.1) is 5.92 Å².